The van der Waals surface area contributed by atoms with Crippen LogP contribution in [0.4, 0.5) is 0 Å². The summed E-state index contributed by atoms with van der Waals surface area (Å²) in [6, 6.07) is 2.04. The molecule has 0 unspecified atom stereocenters. The Hall–Kier alpha value is -1.04. The minimum absolute atomic E-state index is 0.0680. The predicted octanol–water partition coefficient (Wildman–Crippen LogP) is 1.84. The molecule has 1 N–H and O–H groups in total. The van der Waals surface area contributed by atoms with Crippen LogP contribution in [0.15, 0.2) is 0 Å². The highest BCUT2D eigenvalue weighted by Gasteiger charge is 2.30. The lowest BCUT2D eigenvalue weighted by Crippen LogP contribution is -2.47. The molecule has 13 heavy (non-hydrogen) atoms. The van der Waals surface area contributed by atoms with E-state index in [9.17, 15) is 4.79 Å². The number of carbonyl (C=O) groups excluding carboxylic acids is 1. The quantitative estimate of drug-likeness (QED) is 0.724. The average molecular weight is 182 g/mol. The largest absolute Gasteiger partial charge is 0.338 e. The Morgan fingerprint density at radius 1 is 1.38 bits per heavy atom. The molecule has 0 heterocycles. The minimum Gasteiger partial charge on any atom is -0.338 e. The Kier molecular flexibility index (Phi) is 3.48. The summed E-state index contributed by atoms with van der Waals surface area (Å²) in [5, 5.41) is 11.4. The van der Waals surface area contributed by atoms with Crippen LogP contribution in [0.3, 0.4) is 0 Å². The highest BCUT2D eigenvalue weighted by atomic mass is 16.2. The second-order valence-corrected chi connectivity index (χ2v) is 4.43. The van der Waals surface area contributed by atoms with Crippen molar-refractivity contribution >= 4 is 5.91 Å². The molecule has 3 heteroatoms. The second-order valence-electron chi connectivity index (χ2n) is 4.43. The first kappa shape index (κ1) is 12.0. The Morgan fingerprint density at radius 2 is 1.85 bits per heavy atom. The van der Waals surface area contributed by atoms with Gasteiger partial charge in [-0.15, -0.1) is 0 Å². The molecule has 0 aromatic heterocycles. The lowest BCUT2D eigenvalue weighted by Gasteiger charge is -2.26. The van der Waals surface area contributed by atoms with Crippen LogP contribution < -0.4 is 5.32 Å². The highest BCUT2D eigenvalue weighted by molar-refractivity contribution is 5.82. The molecule has 0 fully saturated rings. The zero-order chi connectivity index (χ0) is 10.7. The number of carbonyl (C=O) groups is 1. The van der Waals surface area contributed by atoms with E-state index >= 15 is 0 Å². The van der Waals surface area contributed by atoms with E-state index in [0.717, 1.165) is 6.42 Å². The van der Waals surface area contributed by atoms with Gasteiger partial charge in [-0.2, -0.15) is 5.26 Å². The summed E-state index contributed by atoms with van der Waals surface area (Å²) in [4.78, 5) is 11.6. The summed E-state index contributed by atoms with van der Waals surface area (Å²) in [5.41, 5.74) is -1.17. The number of rotatable bonds is 3. The Balaban J connectivity index is 4.43. The summed E-state index contributed by atoms with van der Waals surface area (Å²) in [6.45, 7) is 9.08. The predicted molar refractivity (Wildman–Crippen MR) is 51.9 cm³/mol. The van der Waals surface area contributed by atoms with Crippen LogP contribution in [0.2, 0.25) is 0 Å². The molecule has 0 aromatic rings. The monoisotopic (exact) mass is 182 g/mol. The number of nitriles is 1. The number of hydrogen-bond donors (Lipinski definition) is 1. The van der Waals surface area contributed by atoms with Crippen LogP contribution in [-0.4, -0.2) is 11.4 Å². The standard InChI is InChI=1S/C10H18N2O/c1-6-9(2,3)8(13)12-10(4,5)7-11/h6H2,1-5H3,(H,12,13). The molecule has 0 atom stereocenters. The molecule has 0 radical (unpaired) electrons. The van der Waals surface area contributed by atoms with E-state index in [0.29, 0.717) is 0 Å². The summed E-state index contributed by atoms with van der Waals surface area (Å²) in [6.07, 6.45) is 0.764. The third-order valence-corrected chi connectivity index (χ3v) is 2.20. The van der Waals surface area contributed by atoms with Gasteiger partial charge in [-0.05, 0) is 20.3 Å². The Morgan fingerprint density at radius 3 is 2.15 bits per heavy atom. The summed E-state index contributed by atoms with van der Waals surface area (Å²) < 4.78 is 0. The van der Waals surface area contributed by atoms with E-state index in [-0.39, 0.29) is 5.91 Å². The van der Waals surface area contributed by atoms with Gasteiger partial charge in [0.2, 0.25) is 5.91 Å². The number of nitrogens with one attached hydrogen (secondary N) is 1. The maximum atomic E-state index is 11.6. The van der Waals surface area contributed by atoms with Crippen LogP contribution in [0.25, 0.3) is 0 Å². The molecule has 0 aromatic carbocycles. The smallest absolute Gasteiger partial charge is 0.226 e. The van der Waals surface area contributed by atoms with Gasteiger partial charge in [0.25, 0.3) is 0 Å². The van der Waals surface area contributed by atoms with Crippen molar-refractivity contribution in [2.45, 2.75) is 46.6 Å². The zero-order valence-corrected chi connectivity index (χ0v) is 9.06. The lowest BCUT2D eigenvalue weighted by molar-refractivity contribution is -0.130. The van der Waals surface area contributed by atoms with Crippen LogP contribution in [0.5, 0.6) is 0 Å². The number of nitrogens with zero attached hydrogens (tertiary/aromatic N) is 1. The molecular formula is C10H18N2O. The first-order valence-electron chi connectivity index (χ1n) is 4.49. The molecule has 1 amide bonds. The molecule has 74 valence electrons. The molecule has 0 aliphatic heterocycles. The van der Waals surface area contributed by atoms with E-state index < -0.39 is 11.0 Å². The van der Waals surface area contributed by atoms with Gasteiger partial charge >= 0.3 is 0 Å². The van der Waals surface area contributed by atoms with Crippen molar-refractivity contribution in [1.82, 2.24) is 5.32 Å². The third kappa shape index (κ3) is 3.45. The second kappa shape index (κ2) is 3.78. The molecular weight excluding hydrogens is 164 g/mol. The molecule has 0 saturated heterocycles. The van der Waals surface area contributed by atoms with Gasteiger partial charge in [0, 0.05) is 5.41 Å². The first-order valence-corrected chi connectivity index (χ1v) is 4.49. The SMILES string of the molecule is CCC(C)(C)C(=O)NC(C)(C)C#N. The minimum atomic E-state index is -0.774. The first-order chi connectivity index (χ1) is 5.75. The van der Waals surface area contributed by atoms with Gasteiger partial charge in [0.15, 0.2) is 0 Å². The fourth-order valence-electron chi connectivity index (χ4n) is 0.642. The summed E-state index contributed by atoms with van der Waals surface area (Å²) in [7, 11) is 0. The number of hydrogen-bond acceptors (Lipinski definition) is 2. The fourth-order valence-corrected chi connectivity index (χ4v) is 0.642. The zero-order valence-electron chi connectivity index (χ0n) is 9.06. The maximum absolute atomic E-state index is 11.6. The van der Waals surface area contributed by atoms with Crippen molar-refractivity contribution in [2.75, 3.05) is 0 Å². The molecule has 0 rings (SSSR count). The van der Waals surface area contributed by atoms with Crippen LogP contribution in [0.1, 0.15) is 41.0 Å². The molecule has 0 saturated carbocycles. The number of amides is 1. The molecule has 0 aliphatic carbocycles. The van der Waals surface area contributed by atoms with Gasteiger partial charge in [-0.25, -0.2) is 0 Å². The van der Waals surface area contributed by atoms with Crippen LogP contribution in [-0.2, 0) is 4.79 Å². The Bertz CT molecular complexity index is 236. The van der Waals surface area contributed by atoms with Crippen LogP contribution >= 0.6 is 0 Å². The van der Waals surface area contributed by atoms with Gasteiger partial charge in [0.1, 0.15) is 5.54 Å². The van der Waals surface area contributed by atoms with E-state index in [1.54, 1.807) is 13.8 Å². The fraction of sp³-hybridized carbons (Fsp3) is 0.800. The average Bonchev–Trinajstić information content (AvgIpc) is 2.04. The van der Waals surface area contributed by atoms with Crippen molar-refractivity contribution in [3.63, 3.8) is 0 Å². The van der Waals surface area contributed by atoms with Crippen LogP contribution in [0, 0.1) is 16.7 Å². The van der Waals surface area contributed by atoms with E-state index in [1.807, 2.05) is 26.8 Å². The van der Waals surface area contributed by atoms with Gasteiger partial charge in [-0.1, -0.05) is 20.8 Å². The van der Waals surface area contributed by atoms with Crippen molar-refractivity contribution in [1.29, 1.82) is 5.26 Å². The molecule has 0 bridgehead atoms. The van der Waals surface area contributed by atoms with E-state index in [2.05, 4.69) is 5.32 Å². The van der Waals surface area contributed by atoms with E-state index in [1.165, 1.54) is 0 Å². The van der Waals surface area contributed by atoms with Crippen molar-refractivity contribution in [2.24, 2.45) is 5.41 Å². The lowest BCUT2D eigenvalue weighted by atomic mass is 9.88. The van der Waals surface area contributed by atoms with Gasteiger partial charge in [0.05, 0.1) is 6.07 Å². The van der Waals surface area contributed by atoms with E-state index in [4.69, 9.17) is 5.26 Å². The maximum Gasteiger partial charge on any atom is 0.226 e. The van der Waals surface area contributed by atoms with Crippen molar-refractivity contribution in [3.05, 3.63) is 0 Å². The molecule has 3 nitrogen and oxygen atoms in total. The van der Waals surface area contributed by atoms with Crippen molar-refractivity contribution in [3.8, 4) is 6.07 Å². The molecule has 0 spiro atoms. The van der Waals surface area contributed by atoms with Gasteiger partial charge in [-0.3, -0.25) is 4.79 Å². The molecule has 0 aliphatic rings. The highest BCUT2D eigenvalue weighted by Crippen LogP contribution is 2.20. The summed E-state index contributed by atoms with van der Waals surface area (Å²) in [5.74, 6) is -0.0680. The topological polar surface area (TPSA) is 52.9 Å². The normalized spacial score (nSPS) is 12.0. The van der Waals surface area contributed by atoms with Crippen molar-refractivity contribution < 1.29 is 4.79 Å². The Labute approximate surface area is 80.1 Å². The van der Waals surface area contributed by atoms with Gasteiger partial charge < -0.3 is 5.32 Å². The third-order valence-electron chi connectivity index (χ3n) is 2.20. The summed E-state index contributed by atoms with van der Waals surface area (Å²) >= 11 is 0.